The van der Waals surface area contributed by atoms with Crippen LogP contribution in [0.25, 0.3) is 44.3 Å². The molecule has 4 aromatic carbocycles. The molecule has 1 N–H and O–H groups in total. The van der Waals surface area contributed by atoms with Crippen LogP contribution in [0.2, 0.25) is 5.02 Å². The number of aromatic nitrogens is 3. The largest absolute Gasteiger partial charge is 0.334 e. The van der Waals surface area contributed by atoms with Crippen LogP contribution in [0.5, 0.6) is 0 Å². The van der Waals surface area contributed by atoms with E-state index in [2.05, 4.69) is 32.2 Å². The SMILES string of the molecule is Fc1ccc(Cn2c3ccccc3c3cc(/C=N/Nc4nc(-c5ccc(F)cc5)cs4)nc(-c4ccccc4Cl)c32)cc1. The number of fused-ring (bicyclic) bond motifs is 3. The maximum Gasteiger partial charge on any atom is 0.203 e. The molecule has 0 aliphatic rings. The fraction of sp³-hybridized carbons (Fsp3) is 0.0294. The average Bonchev–Trinajstić information content (AvgIpc) is 3.62. The second-order valence-corrected chi connectivity index (χ2v) is 11.2. The molecule has 0 saturated heterocycles. The van der Waals surface area contributed by atoms with Crippen LogP contribution in [-0.2, 0) is 6.54 Å². The Morgan fingerprint density at radius 3 is 2.35 bits per heavy atom. The van der Waals surface area contributed by atoms with Crippen LogP contribution in [0.3, 0.4) is 0 Å². The van der Waals surface area contributed by atoms with Gasteiger partial charge in [0, 0.05) is 39.3 Å². The van der Waals surface area contributed by atoms with Crippen molar-refractivity contribution in [2.75, 3.05) is 5.43 Å². The summed E-state index contributed by atoms with van der Waals surface area (Å²) in [6.45, 7) is 0.527. The highest BCUT2D eigenvalue weighted by atomic mass is 35.5. The van der Waals surface area contributed by atoms with Crippen LogP contribution in [0.15, 0.2) is 114 Å². The molecule has 0 radical (unpaired) electrons. The third kappa shape index (κ3) is 5.38. The second kappa shape index (κ2) is 11.4. The molecule has 0 aliphatic carbocycles. The smallest absolute Gasteiger partial charge is 0.203 e. The fourth-order valence-electron chi connectivity index (χ4n) is 5.17. The summed E-state index contributed by atoms with van der Waals surface area (Å²) in [5, 5.41) is 9.56. The number of hydrogen-bond donors (Lipinski definition) is 1. The van der Waals surface area contributed by atoms with Crippen LogP contribution in [0, 0.1) is 11.6 Å². The first kappa shape index (κ1) is 26.9. The van der Waals surface area contributed by atoms with E-state index < -0.39 is 0 Å². The van der Waals surface area contributed by atoms with Gasteiger partial charge in [0.1, 0.15) is 11.6 Å². The minimum absolute atomic E-state index is 0.272. The van der Waals surface area contributed by atoms with Gasteiger partial charge in [0.25, 0.3) is 0 Å². The van der Waals surface area contributed by atoms with Crippen molar-refractivity contribution in [2.45, 2.75) is 6.54 Å². The number of rotatable bonds is 7. The summed E-state index contributed by atoms with van der Waals surface area (Å²) in [6.07, 6.45) is 1.66. The van der Waals surface area contributed by atoms with Crippen molar-refractivity contribution in [3.63, 3.8) is 0 Å². The Morgan fingerprint density at radius 2 is 1.56 bits per heavy atom. The van der Waals surface area contributed by atoms with E-state index in [4.69, 9.17) is 16.6 Å². The van der Waals surface area contributed by atoms with E-state index in [-0.39, 0.29) is 11.6 Å². The van der Waals surface area contributed by atoms with Crippen LogP contribution in [-0.4, -0.2) is 20.7 Å². The summed E-state index contributed by atoms with van der Waals surface area (Å²) in [4.78, 5) is 9.59. The van der Waals surface area contributed by atoms with E-state index in [1.165, 1.54) is 35.6 Å². The van der Waals surface area contributed by atoms with E-state index in [9.17, 15) is 8.78 Å². The maximum absolute atomic E-state index is 13.7. The first-order valence-corrected chi connectivity index (χ1v) is 14.7. The molecule has 0 atom stereocenters. The van der Waals surface area contributed by atoms with E-state index in [1.807, 2.05) is 47.8 Å². The van der Waals surface area contributed by atoms with E-state index >= 15 is 0 Å². The quantitative estimate of drug-likeness (QED) is 0.145. The Bertz CT molecular complexity index is 2120. The lowest BCUT2D eigenvalue weighted by Crippen LogP contribution is -2.03. The molecule has 0 unspecified atom stereocenters. The highest BCUT2D eigenvalue weighted by molar-refractivity contribution is 7.14. The number of para-hydroxylation sites is 1. The molecule has 5 nitrogen and oxygen atoms in total. The summed E-state index contributed by atoms with van der Waals surface area (Å²) in [7, 11) is 0. The number of anilines is 1. The van der Waals surface area contributed by atoms with Gasteiger partial charge in [-0.15, -0.1) is 11.3 Å². The van der Waals surface area contributed by atoms with Crippen molar-refractivity contribution in [3.8, 4) is 22.5 Å². The van der Waals surface area contributed by atoms with Crippen molar-refractivity contribution in [3.05, 3.63) is 136 Å². The van der Waals surface area contributed by atoms with Gasteiger partial charge in [-0.05, 0) is 60.2 Å². The summed E-state index contributed by atoms with van der Waals surface area (Å²) in [5.74, 6) is -0.563. The minimum Gasteiger partial charge on any atom is -0.334 e. The lowest BCUT2D eigenvalue weighted by molar-refractivity contribution is 0.626. The summed E-state index contributed by atoms with van der Waals surface area (Å²) in [6, 6.07) is 30.6. The van der Waals surface area contributed by atoms with Gasteiger partial charge in [-0.1, -0.05) is 60.1 Å². The lowest BCUT2D eigenvalue weighted by atomic mass is 10.1. The Hall–Kier alpha value is -4.92. The van der Waals surface area contributed by atoms with Gasteiger partial charge >= 0.3 is 0 Å². The molecule has 7 rings (SSSR count). The van der Waals surface area contributed by atoms with Crippen molar-refractivity contribution in [2.24, 2.45) is 5.10 Å². The highest BCUT2D eigenvalue weighted by Crippen LogP contribution is 2.38. The molecule has 0 saturated carbocycles. The van der Waals surface area contributed by atoms with Gasteiger partial charge in [-0.2, -0.15) is 5.10 Å². The van der Waals surface area contributed by atoms with E-state index in [0.717, 1.165) is 49.9 Å². The molecule has 3 aromatic heterocycles. The minimum atomic E-state index is -0.291. The first-order valence-electron chi connectivity index (χ1n) is 13.5. The average molecular weight is 606 g/mol. The first-order chi connectivity index (χ1) is 21.0. The van der Waals surface area contributed by atoms with E-state index in [0.29, 0.717) is 22.4 Å². The Morgan fingerprint density at radius 1 is 0.837 bits per heavy atom. The van der Waals surface area contributed by atoms with Crippen LogP contribution in [0.4, 0.5) is 13.9 Å². The topological polar surface area (TPSA) is 55.1 Å². The molecule has 0 aliphatic heterocycles. The van der Waals surface area contributed by atoms with Crippen molar-refractivity contribution in [1.82, 2.24) is 14.5 Å². The van der Waals surface area contributed by atoms with Crippen molar-refractivity contribution < 1.29 is 8.78 Å². The highest BCUT2D eigenvalue weighted by Gasteiger charge is 2.19. The molecule has 7 aromatic rings. The molecule has 3 heterocycles. The predicted octanol–water partition coefficient (Wildman–Crippen LogP) is 9.41. The van der Waals surface area contributed by atoms with Crippen LogP contribution in [0.1, 0.15) is 11.3 Å². The zero-order valence-corrected chi connectivity index (χ0v) is 24.1. The molecule has 0 amide bonds. The van der Waals surface area contributed by atoms with Crippen LogP contribution >= 0.6 is 22.9 Å². The fourth-order valence-corrected chi connectivity index (χ4v) is 6.06. The number of pyridine rings is 1. The monoisotopic (exact) mass is 605 g/mol. The Kier molecular flexibility index (Phi) is 7.14. The summed E-state index contributed by atoms with van der Waals surface area (Å²) < 4.78 is 29.2. The number of hydrogen-bond acceptors (Lipinski definition) is 5. The zero-order valence-electron chi connectivity index (χ0n) is 22.5. The number of hydrazone groups is 1. The normalized spacial score (nSPS) is 11.6. The summed E-state index contributed by atoms with van der Waals surface area (Å²) in [5.41, 5.74) is 9.61. The number of nitrogens with zero attached hydrogens (tertiary/aromatic N) is 4. The second-order valence-electron chi connectivity index (χ2n) is 9.92. The third-order valence-electron chi connectivity index (χ3n) is 7.15. The molecule has 210 valence electrons. The lowest BCUT2D eigenvalue weighted by Gasteiger charge is -2.13. The Balaban J connectivity index is 1.31. The van der Waals surface area contributed by atoms with Gasteiger partial charge in [-0.3, -0.25) is 5.43 Å². The molecule has 43 heavy (non-hydrogen) atoms. The maximum atomic E-state index is 13.7. The van der Waals surface area contributed by atoms with Gasteiger partial charge in [0.05, 0.1) is 33.8 Å². The number of thiazole rings is 1. The third-order valence-corrected chi connectivity index (χ3v) is 8.23. The predicted molar refractivity (Wildman–Crippen MR) is 172 cm³/mol. The van der Waals surface area contributed by atoms with Crippen molar-refractivity contribution in [1.29, 1.82) is 0 Å². The summed E-state index contributed by atoms with van der Waals surface area (Å²) >= 11 is 8.12. The molecular formula is C34H22ClF2N5S. The zero-order chi connectivity index (χ0) is 29.3. The van der Waals surface area contributed by atoms with E-state index in [1.54, 1.807) is 30.5 Å². The molecule has 0 spiro atoms. The van der Waals surface area contributed by atoms with Gasteiger partial charge in [-0.25, -0.2) is 18.7 Å². The standard InChI is InChI=1S/C34H22ClF2N5S/c35-29-7-3-1-6-27(29)32-33-28(26-5-2-4-8-31(26)42(33)19-21-9-13-23(36)14-10-21)17-25(39-32)18-38-41-34-40-30(20-43-34)22-11-15-24(37)16-12-22/h1-18,20H,19H2,(H,40,41)/b38-18+. The number of halogens is 3. The van der Waals surface area contributed by atoms with Crippen molar-refractivity contribution >= 4 is 56.1 Å². The molecular weight excluding hydrogens is 584 g/mol. The molecule has 9 heteroatoms. The van der Waals surface area contributed by atoms with Gasteiger partial charge in [0.2, 0.25) is 5.13 Å². The number of benzene rings is 4. The molecule has 0 bridgehead atoms. The number of nitrogens with one attached hydrogen (secondary N) is 1. The van der Waals surface area contributed by atoms with Gasteiger partial charge in [0.15, 0.2) is 0 Å². The Labute approximate surface area is 254 Å². The molecule has 0 fully saturated rings. The van der Waals surface area contributed by atoms with Crippen LogP contribution < -0.4 is 5.43 Å². The van der Waals surface area contributed by atoms with Gasteiger partial charge < -0.3 is 4.57 Å².